The van der Waals surface area contributed by atoms with E-state index in [2.05, 4.69) is 48.4 Å². The molecule has 0 saturated heterocycles. The molecule has 1 heterocycles. The van der Waals surface area contributed by atoms with Crippen LogP contribution in [0.3, 0.4) is 0 Å². The predicted molar refractivity (Wildman–Crippen MR) is 81.0 cm³/mol. The maximum atomic E-state index is 9.34. The number of hydrogen-bond acceptors (Lipinski definition) is 3. The number of aryl methyl sites for hydroxylation is 2. The van der Waals surface area contributed by atoms with Gasteiger partial charge in [0.1, 0.15) is 5.69 Å². The van der Waals surface area contributed by atoms with Crippen molar-refractivity contribution in [2.24, 2.45) is 0 Å². The average Bonchev–Trinajstić information content (AvgIpc) is 2.86. The summed E-state index contributed by atoms with van der Waals surface area (Å²) >= 11 is 0. The van der Waals surface area contributed by atoms with E-state index in [0.717, 1.165) is 30.6 Å². The molecule has 4 heteroatoms. The number of benzene rings is 1. The number of unbranched alkanes of at least 4 members (excludes halogenated alkanes) is 1. The van der Waals surface area contributed by atoms with E-state index in [1.54, 1.807) is 0 Å². The molecule has 0 atom stereocenters. The van der Waals surface area contributed by atoms with Crippen LogP contribution in [0.1, 0.15) is 42.3 Å². The van der Waals surface area contributed by atoms with Crippen LogP contribution in [0.4, 0.5) is 0 Å². The molecule has 0 saturated carbocycles. The fraction of sp³-hybridized carbons (Fsp3) is 0.375. The first kappa shape index (κ1) is 14.5. The highest BCUT2D eigenvalue weighted by atomic mass is 16.3. The number of hydrogen-bond donors (Lipinski definition) is 1. The number of nitrogens with zero attached hydrogens (tertiary/aromatic N) is 3. The quantitative estimate of drug-likeness (QED) is 0.878. The zero-order valence-corrected chi connectivity index (χ0v) is 12.1. The molecule has 0 radical (unpaired) electrons. The Morgan fingerprint density at radius 1 is 1.20 bits per heavy atom. The Labute approximate surface area is 119 Å². The second kappa shape index (κ2) is 7.01. The zero-order chi connectivity index (χ0) is 14.4. The molecule has 0 spiro atoms. The zero-order valence-electron chi connectivity index (χ0n) is 12.1. The Morgan fingerprint density at radius 2 is 1.95 bits per heavy atom. The fourth-order valence-corrected chi connectivity index (χ4v) is 1.98. The van der Waals surface area contributed by atoms with Crippen molar-refractivity contribution in [3.8, 4) is 0 Å². The highest BCUT2D eigenvalue weighted by Gasteiger charge is 2.08. The SMILES string of the molecule is CCCCn1nnc(CO)c1/C=C/c1ccc(C)cc1. The lowest BCUT2D eigenvalue weighted by molar-refractivity contribution is 0.276. The topological polar surface area (TPSA) is 50.9 Å². The highest BCUT2D eigenvalue weighted by molar-refractivity contribution is 5.69. The van der Waals surface area contributed by atoms with E-state index in [1.807, 2.05) is 16.8 Å². The minimum absolute atomic E-state index is 0.0836. The summed E-state index contributed by atoms with van der Waals surface area (Å²) in [5.74, 6) is 0. The Morgan fingerprint density at radius 3 is 2.60 bits per heavy atom. The van der Waals surface area contributed by atoms with E-state index in [0.29, 0.717) is 5.69 Å². The molecular weight excluding hydrogens is 250 g/mol. The van der Waals surface area contributed by atoms with Gasteiger partial charge in [0.25, 0.3) is 0 Å². The summed E-state index contributed by atoms with van der Waals surface area (Å²) in [7, 11) is 0. The highest BCUT2D eigenvalue weighted by Crippen LogP contribution is 2.13. The van der Waals surface area contributed by atoms with Gasteiger partial charge in [-0.3, -0.25) is 0 Å². The molecule has 2 aromatic rings. The normalized spacial score (nSPS) is 11.3. The molecule has 1 N–H and O–H groups in total. The van der Waals surface area contributed by atoms with Crippen LogP contribution in [-0.2, 0) is 13.2 Å². The Kier molecular flexibility index (Phi) is 5.07. The summed E-state index contributed by atoms with van der Waals surface area (Å²) in [6.07, 6.45) is 6.17. The third kappa shape index (κ3) is 3.54. The number of aromatic nitrogens is 3. The lowest BCUT2D eigenvalue weighted by Crippen LogP contribution is -2.03. The predicted octanol–water partition coefficient (Wildman–Crippen LogP) is 3.05. The summed E-state index contributed by atoms with van der Waals surface area (Å²) in [6, 6.07) is 8.31. The van der Waals surface area contributed by atoms with E-state index in [9.17, 15) is 5.11 Å². The summed E-state index contributed by atoms with van der Waals surface area (Å²) in [4.78, 5) is 0. The van der Waals surface area contributed by atoms with Crippen molar-refractivity contribution in [3.05, 3.63) is 46.8 Å². The van der Waals surface area contributed by atoms with Gasteiger partial charge in [-0.15, -0.1) is 5.10 Å². The smallest absolute Gasteiger partial charge is 0.115 e. The monoisotopic (exact) mass is 271 g/mol. The second-order valence-corrected chi connectivity index (χ2v) is 4.90. The number of aliphatic hydroxyl groups is 1. The first-order chi connectivity index (χ1) is 9.74. The molecule has 4 nitrogen and oxygen atoms in total. The van der Waals surface area contributed by atoms with Crippen LogP contribution >= 0.6 is 0 Å². The van der Waals surface area contributed by atoms with Crippen molar-refractivity contribution < 1.29 is 5.11 Å². The van der Waals surface area contributed by atoms with Gasteiger partial charge >= 0.3 is 0 Å². The van der Waals surface area contributed by atoms with E-state index in [1.165, 1.54) is 5.56 Å². The van der Waals surface area contributed by atoms with Crippen LogP contribution in [0, 0.1) is 6.92 Å². The molecule has 20 heavy (non-hydrogen) atoms. The second-order valence-electron chi connectivity index (χ2n) is 4.90. The first-order valence-electron chi connectivity index (χ1n) is 7.02. The summed E-state index contributed by atoms with van der Waals surface area (Å²) in [5, 5.41) is 17.5. The van der Waals surface area contributed by atoms with Crippen molar-refractivity contribution in [1.29, 1.82) is 0 Å². The van der Waals surface area contributed by atoms with E-state index in [4.69, 9.17) is 0 Å². The molecule has 1 aromatic heterocycles. The largest absolute Gasteiger partial charge is 0.390 e. The molecule has 0 fully saturated rings. The third-order valence-corrected chi connectivity index (χ3v) is 3.23. The minimum atomic E-state index is -0.0836. The maximum Gasteiger partial charge on any atom is 0.115 e. The van der Waals surface area contributed by atoms with Crippen molar-refractivity contribution in [3.63, 3.8) is 0 Å². The molecular formula is C16H21N3O. The Hall–Kier alpha value is -1.94. The van der Waals surface area contributed by atoms with Gasteiger partial charge < -0.3 is 5.11 Å². The fourth-order valence-electron chi connectivity index (χ4n) is 1.98. The number of aliphatic hydroxyl groups excluding tert-OH is 1. The van der Waals surface area contributed by atoms with Crippen LogP contribution < -0.4 is 0 Å². The van der Waals surface area contributed by atoms with Gasteiger partial charge in [-0.2, -0.15) is 0 Å². The molecule has 0 amide bonds. The number of rotatable bonds is 6. The Balaban J connectivity index is 2.22. The lowest BCUT2D eigenvalue weighted by atomic mass is 10.1. The van der Waals surface area contributed by atoms with Gasteiger partial charge in [0, 0.05) is 6.54 Å². The lowest BCUT2D eigenvalue weighted by Gasteiger charge is -2.03. The van der Waals surface area contributed by atoms with Crippen LogP contribution in [0.5, 0.6) is 0 Å². The standard InChI is InChI=1S/C16H21N3O/c1-3-4-11-19-16(15(12-20)17-18-19)10-9-14-7-5-13(2)6-8-14/h5-10,20H,3-4,11-12H2,1-2H3/b10-9+. The molecule has 0 unspecified atom stereocenters. The van der Waals surface area contributed by atoms with Gasteiger partial charge in [0.05, 0.1) is 12.3 Å². The molecule has 0 aliphatic carbocycles. The molecule has 1 aromatic carbocycles. The molecule has 0 aliphatic heterocycles. The van der Waals surface area contributed by atoms with Crippen LogP contribution in [-0.4, -0.2) is 20.1 Å². The van der Waals surface area contributed by atoms with Crippen molar-refractivity contribution in [1.82, 2.24) is 15.0 Å². The van der Waals surface area contributed by atoms with E-state index >= 15 is 0 Å². The van der Waals surface area contributed by atoms with Gasteiger partial charge in [0.15, 0.2) is 0 Å². The van der Waals surface area contributed by atoms with Gasteiger partial charge in [-0.25, -0.2) is 4.68 Å². The van der Waals surface area contributed by atoms with Crippen molar-refractivity contribution in [2.45, 2.75) is 39.8 Å². The van der Waals surface area contributed by atoms with Crippen molar-refractivity contribution in [2.75, 3.05) is 0 Å². The van der Waals surface area contributed by atoms with Gasteiger partial charge in [0.2, 0.25) is 0 Å². The van der Waals surface area contributed by atoms with Crippen LogP contribution in [0.2, 0.25) is 0 Å². The molecule has 0 bridgehead atoms. The average molecular weight is 271 g/mol. The van der Waals surface area contributed by atoms with Gasteiger partial charge in [-0.1, -0.05) is 54.5 Å². The van der Waals surface area contributed by atoms with Gasteiger partial charge in [-0.05, 0) is 25.0 Å². The summed E-state index contributed by atoms with van der Waals surface area (Å²) in [5.41, 5.74) is 3.89. The van der Waals surface area contributed by atoms with Crippen LogP contribution in [0.15, 0.2) is 24.3 Å². The van der Waals surface area contributed by atoms with Crippen molar-refractivity contribution >= 4 is 12.2 Å². The third-order valence-electron chi connectivity index (χ3n) is 3.23. The summed E-state index contributed by atoms with van der Waals surface area (Å²) in [6.45, 7) is 4.96. The molecule has 2 rings (SSSR count). The first-order valence-corrected chi connectivity index (χ1v) is 7.02. The van der Waals surface area contributed by atoms with E-state index in [-0.39, 0.29) is 6.61 Å². The Bertz CT molecular complexity index is 570. The molecule has 0 aliphatic rings. The summed E-state index contributed by atoms with van der Waals surface area (Å²) < 4.78 is 1.86. The minimum Gasteiger partial charge on any atom is -0.390 e. The molecule has 106 valence electrons. The maximum absolute atomic E-state index is 9.34. The van der Waals surface area contributed by atoms with Crippen LogP contribution in [0.25, 0.3) is 12.2 Å². The van der Waals surface area contributed by atoms with E-state index < -0.39 is 0 Å².